The highest BCUT2D eigenvalue weighted by molar-refractivity contribution is 6.32. The Balaban J connectivity index is 2.25. The predicted molar refractivity (Wildman–Crippen MR) is 101 cm³/mol. The number of benzene rings is 2. The quantitative estimate of drug-likeness (QED) is 0.616. The average molecular weight is 374 g/mol. The van der Waals surface area contributed by atoms with Gasteiger partial charge in [0.05, 0.1) is 12.1 Å². The molecule has 0 unspecified atom stereocenters. The second-order valence-electron chi connectivity index (χ2n) is 5.65. The fourth-order valence-electron chi connectivity index (χ4n) is 2.37. The fourth-order valence-corrected chi connectivity index (χ4v) is 2.70. The molecule has 2 aromatic rings. The van der Waals surface area contributed by atoms with Crippen molar-refractivity contribution in [2.24, 2.45) is 0 Å². The summed E-state index contributed by atoms with van der Waals surface area (Å²) >= 11 is 6.35. The van der Waals surface area contributed by atoms with E-state index in [9.17, 15) is 9.59 Å². The molecule has 26 heavy (non-hydrogen) atoms. The van der Waals surface area contributed by atoms with Crippen LogP contribution in [0.15, 0.2) is 48.2 Å². The van der Waals surface area contributed by atoms with E-state index >= 15 is 0 Å². The molecule has 0 heterocycles. The highest BCUT2D eigenvalue weighted by Crippen LogP contribution is 2.31. The van der Waals surface area contributed by atoms with Crippen LogP contribution in [0.3, 0.4) is 0 Å². The number of nitrogens with one attached hydrogen (secondary N) is 1. The number of hydrogen-bond acceptors (Lipinski definition) is 4. The van der Waals surface area contributed by atoms with Crippen LogP contribution >= 0.6 is 11.6 Å². The molecule has 2 rings (SSSR count). The zero-order chi connectivity index (χ0) is 19.1. The van der Waals surface area contributed by atoms with E-state index in [1.807, 2.05) is 43.3 Å². The van der Waals surface area contributed by atoms with Crippen LogP contribution in [0.5, 0.6) is 5.75 Å². The minimum Gasteiger partial charge on any atom is -0.487 e. The van der Waals surface area contributed by atoms with Gasteiger partial charge in [0.1, 0.15) is 18.1 Å². The summed E-state index contributed by atoms with van der Waals surface area (Å²) in [5.41, 5.74) is 2.53. The van der Waals surface area contributed by atoms with E-state index < -0.39 is 5.97 Å². The van der Waals surface area contributed by atoms with Gasteiger partial charge in [-0.3, -0.25) is 4.79 Å². The van der Waals surface area contributed by atoms with Crippen molar-refractivity contribution in [2.45, 2.75) is 20.5 Å². The van der Waals surface area contributed by atoms with Crippen molar-refractivity contribution in [3.63, 3.8) is 0 Å². The fraction of sp³-hybridized carbons (Fsp3) is 0.200. The summed E-state index contributed by atoms with van der Waals surface area (Å²) in [4.78, 5) is 23.1. The van der Waals surface area contributed by atoms with Gasteiger partial charge in [-0.25, -0.2) is 4.79 Å². The first kappa shape index (κ1) is 19.5. The number of rotatable bonds is 6. The Morgan fingerprint density at radius 1 is 1.19 bits per heavy atom. The zero-order valence-corrected chi connectivity index (χ0v) is 15.6. The number of carbonyl (C=O) groups excluding carboxylic acids is 2. The molecule has 0 aliphatic carbocycles. The van der Waals surface area contributed by atoms with Crippen molar-refractivity contribution in [2.75, 3.05) is 7.11 Å². The molecule has 0 saturated heterocycles. The van der Waals surface area contributed by atoms with Gasteiger partial charge >= 0.3 is 5.97 Å². The molecule has 5 nitrogen and oxygen atoms in total. The molecular weight excluding hydrogens is 354 g/mol. The van der Waals surface area contributed by atoms with Crippen molar-refractivity contribution in [3.05, 3.63) is 69.9 Å². The number of esters is 1. The standard InChI is InChI=1S/C20H20ClNO4/c1-13-9-16(11-18(20(24)25-3)22-14(2)23)10-17(21)19(13)26-12-15-7-5-4-6-8-15/h4-11H,12H2,1-3H3,(H,22,23)/b18-11+. The Kier molecular flexibility index (Phi) is 6.81. The van der Waals surface area contributed by atoms with Crippen molar-refractivity contribution >= 4 is 29.6 Å². The molecule has 0 aromatic heterocycles. The molecule has 0 bridgehead atoms. The molecule has 0 fully saturated rings. The van der Waals surface area contributed by atoms with E-state index in [4.69, 9.17) is 16.3 Å². The van der Waals surface area contributed by atoms with Crippen LogP contribution in [0.2, 0.25) is 5.02 Å². The SMILES string of the molecule is COC(=O)/C(=C\c1cc(C)c(OCc2ccccc2)c(Cl)c1)NC(C)=O. The third-order valence-electron chi connectivity index (χ3n) is 3.50. The van der Waals surface area contributed by atoms with Crippen molar-refractivity contribution in [1.82, 2.24) is 5.32 Å². The van der Waals surface area contributed by atoms with Crippen LogP contribution in [0, 0.1) is 6.92 Å². The Morgan fingerprint density at radius 3 is 2.46 bits per heavy atom. The van der Waals surface area contributed by atoms with E-state index in [1.54, 1.807) is 6.07 Å². The van der Waals surface area contributed by atoms with Gasteiger partial charge in [0.2, 0.25) is 5.91 Å². The number of ether oxygens (including phenoxy) is 2. The highest BCUT2D eigenvalue weighted by Gasteiger charge is 2.13. The summed E-state index contributed by atoms with van der Waals surface area (Å²) in [6.07, 6.45) is 1.51. The van der Waals surface area contributed by atoms with Gasteiger partial charge in [0, 0.05) is 6.92 Å². The Bertz CT molecular complexity index is 808. The summed E-state index contributed by atoms with van der Waals surface area (Å²) in [6.45, 7) is 3.57. The molecule has 1 N–H and O–H groups in total. The first-order valence-corrected chi connectivity index (χ1v) is 8.33. The van der Waals surface area contributed by atoms with Crippen LogP contribution in [0.4, 0.5) is 0 Å². The van der Waals surface area contributed by atoms with Crippen molar-refractivity contribution in [1.29, 1.82) is 0 Å². The number of aryl methyl sites for hydroxylation is 1. The van der Waals surface area contributed by atoms with Crippen LogP contribution < -0.4 is 10.1 Å². The Labute approximate surface area is 157 Å². The van der Waals surface area contributed by atoms with Crippen molar-refractivity contribution in [3.8, 4) is 5.75 Å². The second kappa shape index (κ2) is 9.06. The molecule has 0 aliphatic heterocycles. The minimum atomic E-state index is -0.640. The van der Waals surface area contributed by atoms with Gasteiger partial charge in [-0.15, -0.1) is 0 Å². The van der Waals surface area contributed by atoms with Gasteiger partial charge in [0.15, 0.2) is 0 Å². The van der Waals surface area contributed by atoms with E-state index in [-0.39, 0.29) is 11.6 Å². The van der Waals surface area contributed by atoms with Crippen molar-refractivity contribution < 1.29 is 19.1 Å². The van der Waals surface area contributed by atoms with Gasteiger partial charge in [-0.05, 0) is 41.8 Å². The summed E-state index contributed by atoms with van der Waals surface area (Å²) in [7, 11) is 1.25. The monoisotopic (exact) mass is 373 g/mol. The lowest BCUT2D eigenvalue weighted by atomic mass is 10.1. The van der Waals surface area contributed by atoms with Crippen LogP contribution in [-0.2, 0) is 20.9 Å². The van der Waals surface area contributed by atoms with Gasteiger partial charge in [-0.1, -0.05) is 41.9 Å². The minimum absolute atomic E-state index is 0.0356. The summed E-state index contributed by atoms with van der Waals surface area (Å²) in [6, 6.07) is 13.2. The number of methoxy groups -OCH3 is 1. The van der Waals surface area contributed by atoms with E-state index in [1.165, 1.54) is 20.1 Å². The maximum atomic E-state index is 11.8. The maximum Gasteiger partial charge on any atom is 0.354 e. The first-order chi connectivity index (χ1) is 12.4. The molecule has 0 radical (unpaired) electrons. The molecule has 1 amide bonds. The van der Waals surface area contributed by atoms with E-state index in [2.05, 4.69) is 10.1 Å². The summed E-state index contributed by atoms with van der Waals surface area (Å²) in [5.74, 6) is -0.433. The van der Waals surface area contributed by atoms with E-state index in [0.29, 0.717) is 22.9 Å². The summed E-state index contributed by atoms with van der Waals surface area (Å²) in [5, 5.41) is 2.87. The molecule has 0 saturated carbocycles. The van der Waals surface area contributed by atoms with Crippen LogP contribution in [-0.4, -0.2) is 19.0 Å². The number of carbonyl (C=O) groups is 2. The molecule has 0 aliphatic rings. The van der Waals surface area contributed by atoms with E-state index in [0.717, 1.165) is 11.1 Å². The molecule has 0 atom stereocenters. The third-order valence-corrected chi connectivity index (χ3v) is 3.79. The molecule has 6 heteroatoms. The normalized spacial score (nSPS) is 11.0. The molecule has 136 valence electrons. The lowest BCUT2D eigenvalue weighted by molar-refractivity contribution is -0.137. The van der Waals surface area contributed by atoms with Crippen LogP contribution in [0.1, 0.15) is 23.6 Å². The third kappa shape index (κ3) is 5.36. The Morgan fingerprint density at radius 2 is 1.88 bits per heavy atom. The number of amides is 1. The molecular formula is C20H20ClNO4. The average Bonchev–Trinajstić information content (AvgIpc) is 2.60. The van der Waals surface area contributed by atoms with Crippen LogP contribution in [0.25, 0.3) is 6.08 Å². The maximum absolute atomic E-state index is 11.8. The van der Waals surface area contributed by atoms with Gasteiger partial charge < -0.3 is 14.8 Å². The zero-order valence-electron chi connectivity index (χ0n) is 14.8. The van der Waals surface area contributed by atoms with Gasteiger partial charge in [-0.2, -0.15) is 0 Å². The lowest BCUT2D eigenvalue weighted by Crippen LogP contribution is -2.25. The Hall–Kier alpha value is -2.79. The molecule has 2 aromatic carbocycles. The topological polar surface area (TPSA) is 64.6 Å². The smallest absolute Gasteiger partial charge is 0.354 e. The molecule has 0 spiro atoms. The largest absolute Gasteiger partial charge is 0.487 e. The van der Waals surface area contributed by atoms with Gasteiger partial charge in [0.25, 0.3) is 0 Å². The number of halogens is 1. The summed E-state index contributed by atoms with van der Waals surface area (Å²) < 4.78 is 10.5. The highest BCUT2D eigenvalue weighted by atomic mass is 35.5. The first-order valence-electron chi connectivity index (χ1n) is 7.95. The lowest BCUT2D eigenvalue weighted by Gasteiger charge is -2.13. The predicted octanol–water partition coefficient (Wildman–Crippen LogP) is 3.88. The number of hydrogen-bond donors (Lipinski definition) is 1. The second-order valence-corrected chi connectivity index (χ2v) is 6.06.